The van der Waals surface area contributed by atoms with Crippen LogP contribution < -0.4 is 10.2 Å². The van der Waals surface area contributed by atoms with Crippen molar-refractivity contribution in [1.82, 2.24) is 19.3 Å². The summed E-state index contributed by atoms with van der Waals surface area (Å²) in [5, 5.41) is 3.82. The van der Waals surface area contributed by atoms with Gasteiger partial charge in [-0.3, -0.25) is 9.78 Å². The van der Waals surface area contributed by atoms with Gasteiger partial charge in [0.25, 0.3) is 5.91 Å². The van der Waals surface area contributed by atoms with Crippen LogP contribution in [-0.4, -0.2) is 66.0 Å². The number of nitrogens with zero attached hydrogens (tertiary/aromatic N) is 5. The topological polar surface area (TPSA) is 108 Å². The number of benzene rings is 1. The number of aromatic nitrogens is 3. The van der Waals surface area contributed by atoms with Crippen molar-refractivity contribution in [2.75, 3.05) is 42.7 Å². The Morgan fingerprint density at radius 3 is 2.50 bits per heavy atom. The van der Waals surface area contributed by atoms with E-state index < -0.39 is 10.0 Å². The summed E-state index contributed by atoms with van der Waals surface area (Å²) < 4.78 is 24.7. The number of hydrogen-bond donors (Lipinski definition) is 1. The predicted octanol–water partition coefficient (Wildman–Crippen LogP) is 1.67. The average molecular weight is 427 g/mol. The Morgan fingerprint density at radius 1 is 1.07 bits per heavy atom. The predicted molar refractivity (Wildman–Crippen MR) is 115 cm³/mol. The molecule has 3 aromatic rings. The molecule has 10 heteroatoms. The van der Waals surface area contributed by atoms with Crippen LogP contribution in [0.1, 0.15) is 16.1 Å². The Bertz CT molecular complexity index is 1190. The Balaban J connectivity index is 1.47. The maximum atomic E-state index is 12.7. The third kappa shape index (κ3) is 4.24. The lowest BCUT2D eigenvalue weighted by Crippen LogP contribution is -2.48. The summed E-state index contributed by atoms with van der Waals surface area (Å²) in [6.07, 6.45) is 5.87. The van der Waals surface area contributed by atoms with Crippen LogP contribution in [-0.2, 0) is 10.0 Å². The highest BCUT2D eigenvalue weighted by molar-refractivity contribution is 7.88. The van der Waals surface area contributed by atoms with Gasteiger partial charge in [0.15, 0.2) is 0 Å². The molecule has 1 fully saturated rings. The van der Waals surface area contributed by atoms with E-state index in [-0.39, 0.29) is 11.6 Å². The smallest absolute Gasteiger partial charge is 0.275 e. The molecule has 1 amide bonds. The molecule has 4 rings (SSSR count). The number of hydrogen-bond acceptors (Lipinski definition) is 7. The molecule has 0 bridgehead atoms. The molecule has 1 saturated heterocycles. The third-order valence-corrected chi connectivity index (χ3v) is 6.30. The molecule has 0 unspecified atom stereocenters. The number of aryl methyl sites for hydroxylation is 1. The molecule has 0 aliphatic carbocycles. The highest BCUT2D eigenvalue weighted by atomic mass is 32.2. The van der Waals surface area contributed by atoms with Crippen molar-refractivity contribution in [3.63, 3.8) is 0 Å². The first-order valence-corrected chi connectivity index (χ1v) is 11.3. The molecule has 0 atom stereocenters. The largest absolute Gasteiger partial charge is 0.353 e. The summed E-state index contributed by atoms with van der Waals surface area (Å²) in [6.45, 7) is 3.80. The van der Waals surface area contributed by atoms with Gasteiger partial charge in [0, 0.05) is 37.8 Å². The van der Waals surface area contributed by atoms with Crippen LogP contribution >= 0.6 is 0 Å². The number of carbonyl (C=O) groups excluding carboxylic acids is 1. The van der Waals surface area contributed by atoms with Gasteiger partial charge in [-0.15, -0.1) is 0 Å². The molecule has 30 heavy (non-hydrogen) atoms. The van der Waals surface area contributed by atoms with Gasteiger partial charge >= 0.3 is 0 Å². The second kappa shape index (κ2) is 7.96. The maximum absolute atomic E-state index is 12.7. The van der Waals surface area contributed by atoms with Crippen LogP contribution in [0.25, 0.3) is 10.9 Å². The summed E-state index contributed by atoms with van der Waals surface area (Å²) in [6, 6.07) is 7.68. The zero-order valence-electron chi connectivity index (χ0n) is 16.7. The lowest BCUT2D eigenvalue weighted by Gasteiger charge is -2.33. The summed E-state index contributed by atoms with van der Waals surface area (Å²) in [5.41, 5.74) is 2.54. The second-order valence-corrected chi connectivity index (χ2v) is 9.23. The Morgan fingerprint density at radius 2 is 1.83 bits per heavy atom. The fourth-order valence-corrected chi connectivity index (χ4v) is 4.30. The number of amides is 1. The highest BCUT2D eigenvalue weighted by Crippen LogP contribution is 2.24. The van der Waals surface area contributed by atoms with Crippen LogP contribution in [0.15, 0.2) is 42.9 Å². The van der Waals surface area contributed by atoms with E-state index in [0.29, 0.717) is 43.2 Å². The van der Waals surface area contributed by atoms with Crippen molar-refractivity contribution in [2.45, 2.75) is 6.92 Å². The minimum atomic E-state index is -3.19. The van der Waals surface area contributed by atoms with Crippen LogP contribution in [0.4, 0.5) is 11.5 Å². The first kappa shape index (κ1) is 20.2. The first-order chi connectivity index (χ1) is 14.3. The molecule has 0 spiro atoms. The van der Waals surface area contributed by atoms with E-state index in [1.54, 1.807) is 6.20 Å². The molecular weight excluding hydrogens is 404 g/mol. The van der Waals surface area contributed by atoms with Gasteiger partial charge in [0.1, 0.15) is 11.5 Å². The fourth-order valence-electron chi connectivity index (χ4n) is 3.47. The van der Waals surface area contributed by atoms with Gasteiger partial charge in [0.2, 0.25) is 10.0 Å². The second-order valence-electron chi connectivity index (χ2n) is 7.25. The van der Waals surface area contributed by atoms with Crippen LogP contribution in [0.3, 0.4) is 0 Å². The Hall–Kier alpha value is -3.11. The van der Waals surface area contributed by atoms with E-state index in [0.717, 1.165) is 10.9 Å². The minimum Gasteiger partial charge on any atom is -0.353 e. The number of pyridine rings is 1. The summed E-state index contributed by atoms with van der Waals surface area (Å²) >= 11 is 0. The van der Waals surface area contributed by atoms with Crippen molar-refractivity contribution in [1.29, 1.82) is 0 Å². The van der Waals surface area contributed by atoms with Crippen molar-refractivity contribution >= 4 is 38.3 Å². The molecule has 1 aliphatic heterocycles. The standard InChI is InChI=1S/C20H22N6O3S/c1-14-10-15-4-3-5-21-19(15)16(11-14)24-20(27)17-12-23-18(13-22-17)25-6-8-26(9-7-25)30(2,28)29/h3-5,10-13H,6-9H2,1-2H3,(H,24,27). The number of nitrogens with one attached hydrogen (secondary N) is 1. The highest BCUT2D eigenvalue weighted by Gasteiger charge is 2.24. The third-order valence-electron chi connectivity index (χ3n) is 5.00. The Kier molecular flexibility index (Phi) is 5.35. The molecule has 1 aliphatic rings. The number of sulfonamides is 1. The van der Waals surface area contributed by atoms with Gasteiger partial charge in [0.05, 0.1) is 29.9 Å². The van der Waals surface area contributed by atoms with E-state index in [4.69, 9.17) is 0 Å². The monoisotopic (exact) mass is 426 g/mol. The zero-order chi connectivity index (χ0) is 21.3. The van der Waals surface area contributed by atoms with Gasteiger partial charge in [-0.2, -0.15) is 4.31 Å². The molecule has 9 nitrogen and oxygen atoms in total. The fraction of sp³-hybridized carbons (Fsp3) is 0.300. The van der Waals surface area contributed by atoms with E-state index >= 15 is 0 Å². The Labute approximate surface area is 174 Å². The lowest BCUT2D eigenvalue weighted by molar-refractivity contribution is 0.102. The number of rotatable bonds is 4. The van der Waals surface area contributed by atoms with Gasteiger partial charge < -0.3 is 10.2 Å². The van der Waals surface area contributed by atoms with Crippen LogP contribution in [0.5, 0.6) is 0 Å². The van der Waals surface area contributed by atoms with Gasteiger partial charge in [-0.05, 0) is 30.7 Å². The molecular formula is C20H22N6O3S. The van der Waals surface area contributed by atoms with Crippen LogP contribution in [0.2, 0.25) is 0 Å². The maximum Gasteiger partial charge on any atom is 0.275 e. The minimum absolute atomic E-state index is 0.194. The normalized spacial score (nSPS) is 15.3. The van der Waals surface area contributed by atoms with Crippen molar-refractivity contribution in [3.8, 4) is 0 Å². The number of piperazine rings is 1. The molecule has 1 aromatic carbocycles. The van der Waals surface area contributed by atoms with E-state index in [9.17, 15) is 13.2 Å². The van der Waals surface area contributed by atoms with Crippen molar-refractivity contribution in [2.24, 2.45) is 0 Å². The number of anilines is 2. The van der Waals surface area contributed by atoms with Crippen molar-refractivity contribution < 1.29 is 13.2 Å². The van der Waals surface area contributed by atoms with E-state index in [2.05, 4.69) is 20.3 Å². The molecule has 0 saturated carbocycles. The molecule has 156 valence electrons. The SMILES string of the molecule is Cc1cc(NC(=O)c2cnc(N3CCN(S(C)(=O)=O)CC3)cn2)c2ncccc2c1. The molecule has 2 aromatic heterocycles. The quantitative estimate of drug-likeness (QED) is 0.676. The molecule has 1 N–H and O–H groups in total. The summed E-state index contributed by atoms with van der Waals surface area (Å²) in [7, 11) is -3.19. The van der Waals surface area contributed by atoms with E-state index in [1.165, 1.54) is 23.0 Å². The number of carbonyl (C=O) groups is 1. The van der Waals surface area contributed by atoms with Crippen molar-refractivity contribution in [3.05, 3.63) is 54.1 Å². The number of fused-ring (bicyclic) bond motifs is 1. The molecule has 0 radical (unpaired) electrons. The van der Waals surface area contributed by atoms with E-state index in [1.807, 2.05) is 36.1 Å². The first-order valence-electron chi connectivity index (χ1n) is 9.50. The summed E-state index contributed by atoms with van der Waals surface area (Å²) in [5.74, 6) is 0.246. The lowest BCUT2D eigenvalue weighted by atomic mass is 10.1. The molecule has 3 heterocycles. The van der Waals surface area contributed by atoms with Gasteiger partial charge in [-0.1, -0.05) is 6.07 Å². The van der Waals surface area contributed by atoms with Gasteiger partial charge in [-0.25, -0.2) is 18.4 Å². The zero-order valence-corrected chi connectivity index (χ0v) is 17.6. The summed E-state index contributed by atoms with van der Waals surface area (Å²) in [4.78, 5) is 27.6. The average Bonchev–Trinajstić information content (AvgIpc) is 2.73. The van der Waals surface area contributed by atoms with Crippen LogP contribution in [0, 0.1) is 6.92 Å².